The van der Waals surface area contributed by atoms with Gasteiger partial charge >= 0.3 is 6.09 Å². The summed E-state index contributed by atoms with van der Waals surface area (Å²) in [4.78, 5) is 40.2. The molecule has 2 heterocycles. The Morgan fingerprint density at radius 2 is 1.92 bits per heavy atom. The van der Waals surface area contributed by atoms with Gasteiger partial charge in [0.2, 0.25) is 5.91 Å². The minimum Gasteiger partial charge on any atom is -0.453 e. The zero-order valence-corrected chi connectivity index (χ0v) is 14.2. The molecule has 3 rings (SSSR count). The fourth-order valence-electron chi connectivity index (χ4n) is 2.83. The smallest absolute Gasteiger partial charge is 0.409 e. The minimum absolute atomic E-state index is 0.0550. The Morgan fingerprint density at radius 1 is 1.17 bits per heavy atom. The molecule has 0 atom stereocenters. The van der Waals surface area contributed by atoms with Gasteiger partial charge in [-0.15, -0.1) is 11.8 Å². The van der Waals surface area contributed by atoms with E-state index in [1.54, 1.807) is 21.9 Å². The largest absolute Gasteiger partial charge is 0.453 e. The summed E-state index contributed by atoms with van der Waals surface area (Å²) in [7, 11) is 1.36. The molecule has 0 aromatic heterocycles. The molecule has 0 aliphatic carbocycles. The monoisotopic (exact) mass is 349 g/mol. The number of hydrogen-bond acceptors (Lipinski definition) is 5. The van der Waals surface area contributed by atoms with Crippen LogP contribution in [0.1, 0.15) is 16.8 Å². The van der Waals surface area contributed by atoms with Crippen molar-refractivity contribution < 1.29 is 19.1 Å². The quantitative estimate of drug-likeness (QED) is 0.834. The summed E-state index contributed by atoms with van der Waals surface area (Å²) < 4.78 is 4.74. The molecule has 0 radical (unpaired) electrons. The second kappa shape index (κ2) is 7.12. The summed E-state index contributed by atoms with van der Waals surface area (Å²) in [6.45, 7) is 2.08. The van der Waals surface area contributed by atoms with Crippen molar-refractivity contribution in [2.75, 3.05) is 44.4 Å². The van der Waals surface area contributed by atoms with Crippen LogP contribution >= 0.6 is 11.8 Å². The van der Waals surface area contributed by atoms with E-state index in [-0.39, 0.29) is 17.9 Å². The fraction of sp³-hybridized carbons (Fsp3) is 0.438. The number of hydrogen-bond donors (Lipinski definition) is 1. The minimum atomic E-state index is -0.363. The van der Waals surface area contributed by atoms with Crippen molar-refractivity contribution in [2.24, 2.45) is 0 Å². The van der Waals surface area contributed by atoms with Crippen LogP contribution in [0.3, 0.4) is 0 Å². The van der Waals surface area contributed by atoms with Gasteiger partial charge < -0.3 is 19.9 Å². The molecule has 2 aliphatic rings. The Morgan fingerprint density at radius 3 is 2.71 bits per heavy atom. The lowest BCUT2D eigenvalue weighted by atomic mass is 10.1. The number of fused-ring (bicyclic) bond motifs is 1. The number of nitrogens with zero attached hydrogens (tertiary/aromatic N) is 2. The van der Waals surface area contributed by atoms with Crippen LogP contribution in [-0.2, 0) is 9.53 Å². The first kappa shape index (κ1) is 16.6. The van der Waals surface area contributed by atoms with Gasteiger partial charge in [-0.2, -0.15) is 0 Å². The molecule has 1 fully saturated rings. The summed E-state index contributed by atoms with van der Waals surface area (Å²) in [5, 5.41) is 2.80. The lowest BCUT2D eigenvalue weighted by molar-refractivity contribution is -0.113. The van der Waals surface area contributed by atoms with Crippen molar-refractivity contribution in [3.8, 4) is 0 Å². The zero-order chi connectivity index (χ0) is 17.1. The van der Waals surface area contributed by atoms with Crippen LogP contribution in [0.2, 0.25) is 0 Å². The number of thioether (sulfide) groups is 1. The van der Waals surface area contributed by atoms with Gasteiger partial charge in [-0.1, -0.05) is 0 Å². The number of benzene rings is 1. The van der Waals surface area contributed by atoms with Crippen LogP contribution in [0.4, 0.5) is 10.5 Å². The van der Waals surface area contributed by atoms with Crippen LogP contribution in [0.15, 0.2) is 23.1 Å². The van der Waals surface area contributed by atoms with Crippen molar-refractivity contribution in [2.45, 2.75) is 11.3 Å². The Labute approximate surface area is 144 Å². The predicted molar refractivity (Wildman–Crippen MR) is 90.3 cm³/mol. The number of nitrogens with one attached hydrogen (secondary N) is 1. The molecule has 3 amide bonds. The number of rotatable bonds is 1. The van der Waals surface area contributed by atoms with E-state index in [1.165, 1.54) is 18.9 Å². The highest BCUT2D eigenvalue weighted by Gasteiger charge is 2.24. The standard InChI is InChI=1S/C16H19N3O4S/c1-23-16(22)19-6-2-5-18(7-8-19)15(21)11-3-4-13-12(9-11)17-14(20)10-24-13/h3-4,9H,2,5-8,10H2,1H3,(H,17,20). The average molecular weight is 349 g/mol. The van der Waals surface area contributed by atoms with E-state index in [1.807, 2.05) is 6.07 Å². The molecular formula is C16H19N3O4S. The van der Waals surface area contributed by atoms with Crippen LogP contribution in [0.5, 0.6) is 0 Å². The maximum absolute atomic E-state index is 12.7. The molecule has 1 saturated heterocycles. The summed E-state index contributed by atoms with van der Waals surface area (Å²) in [5.74, 6) is 0.255. The summed E-state index contributed by atoms with van der Waals surface area (Å²) >= 11 is 1.47. The van der Waals surface area contributed by atoms with E-state index in [2.05, 4.69) is 5.32 Å². The van der Waals surface area contributed by atoms with Gasteiger partial charge in [0.25, 0.3) is 5.91 Å². The maximum atomic E-state index is 12.7. The highest BCUT2D eigenvalue weighted by Crippen LogP contribution is 2.32. The molecule has 24 heavy (non-hydrogen) atoms. The van der Waals surface area contributed by atoms with Crippen molar-refractivity contribution in [3.63, 3.8) is 0 Å². The van der Waals surface area contributed by atoms with E-state index >= 15 is 0 Å². The fourth-order valence-corrected chi connectivity index (χ4v) is 3.62. The molecule has 1 N–H and O–H groups in total. The highest BCUT2D eigenvalue weighted by atomic mass is 32.2. The highest BCUT2D eigenvalue weighted by molar-refractivity contribution is 8.00. The number of carbonyl (C=O) groups is 3. The molecule has 0 spiro atoms. The second-order valence-electron chi connectivity index (χ2n) is 5.65. The van der Waals surface area contributed by atoms with Crippen molar-refractivity contribution in [1.29, 1.82) is 0 Å². The molecule has 0 bridgehead atoms. The van der Waals surface area contributed by atoms with Gasteiger partial charge in [0.15, 0.2) is 0 Å². The number of methoxy groups -OCH3 is 1. The van der Waals surface area contributed by atoms with Crippen molar-refractivity contribution in [1.82, 2.24) is 9.80 Å². The van der Waals surface area contributed by atoms with Gasteiger partial charge in [-0.05, 0) is 24.6 Å². The Hall–Kier alpha value is -2.22. The van der Waals surface area contributed by atoms with Crippen LogP contribution in [0.25, 0.3) is 0 Å². The van der Waals surface area contributed by atoms with Crippen molar-refractivity contribution >= 4 is 35.4 Å². The van der Waals surface area contributed by atoms with E-state index in [0.29, 0.717) is 49.6 Å². The van der Waals surface area contributed by atoms with Gasteiger partial charge in [0, 0.05) is 36.6 Å². The summed E-state index contributed by atoms with van der Waals surface area (Å²) in [6.07, 6.45) is 0.344. The molecule has 8 heteroatoms. The number of anilines is 1. The molecule has 2 aliphatic heterocycles. The summed E-state index contributed by atoms with van der Waals surface area (Å²) in [5.41, 5.74) is 1.23. The van der Waals surface area contributed by atoms with E-state index in [0.717, 1.165) is 4.90 Å². The molecule has 0 unspecified atom stereocenters. The van der Waals surface area contributed by atoms with E-state index in [9.17, 15) is 14.4 Å². The van der Waals surface area contributed by atoms with Crippen LogP contribution in [0, 0.1) is 0 Å². The normalized spacial score (nSPS) is 17.6. The molecule has 7 nitrogen and oxygen atoms in total. The van der Waals surface area contributed by atoms with Gasteiger partial charge in [-0.25, -0.2) is 4.79 Å². The van der Waals surface area contributed by atoms with Crippen molar-refractivity contribution in [3.05, 3.63) is 23.8 Å². The maximum Gasteiger partial charge on any atom is 0.409 e. The van der Waals surface area contributed by atoms with Gasteiger partial charge in [0.05, 0.1) is 18.6 Å². The van der Waals surface area contributed by atoms with E-state index < -0.39 is 0 Å². The predicted octanol–water partition coefficient (Wildman–Crippen LogP) is 1.65. The van der Waals surface area contributed by atoms with Crippen LogP contribution in [-0.4, -0.2) is 66.7 Å². The Bertz CT molecular complexity index is 679. The second-order valence-corrected chi connectivity index (χ2v) is 6.67. The third-order valence-electron chi connectivity index (χ3n) is 4.08. The van der Waals surface area contributed by atoms with Crippen LogP contribution < -0.4 is 5.32 Å². The molecular weight excluding hydrogens is 330 g/mol. The third kappa shape index (κ3) is 3.48. The first-order chi connectivity index (χ1) is 11.6. The molecule has 0 saturated carbocycles. The number of ether oxygens (including phenoxy) is 1. The average Bonchev–Trinajstić information content (AvgIpc) is 2.86. The number of amides is 3. The summed E-state index contributed by atoms with van der Waals surface area (Å²) in [6, 6.07) is 5.38. The molecule has 1 aromatic carbocycles. The molecule has 1 aromatic rings. The zero-order valence-electron chi connectivity index (χ0n) is 13.4. The Kier molecular flexibility index (Phi) is 4.94. The number of carbonyl (C=O) groups excluding carboxylic acids is 3. The lowest BCUT2D eigenvalue weighted by Crippen LogP contribution is -2.37. The lowest BCUT2D eigenvalue weighted by Gasteiger charge is -2.22. The van der Waals surface area contributed by atoms with Gasteiger partial charge in [-0.3, -0.25) is 9.59 Å². The van der Waals surface area contributed by atoms with Gasteiger partial charge in [0.1, 0.15) is 0 Å². The SMILES string of the molecule is COC(=O)N1CCCN(C(=O)c2ccc3c(c2)NC(=O)CS3)CC1. The van der Waals surface area contributed by atoms with E-state index in [4.69, 9.17) is 4.74 Å². The Balaban J connectivity index is 1.71. The molecule has 128 valence electrons. The first-order valence-electron chi connectivity index (χ1n) is 7.77. The first-order valence-corrected chi connectivity index (χ1v) is 8.76. The third-order valence-corrected chi connectivity index (χ3v) is 5.15. The topological polar surface area (TPSA) is 79.0 Å².